The van der Waals surface area contributed by atoms with Gasteiger partial charge in [0.05, 0.1) is 11.8 Å². The molecule has 1 aromatic heterocycles. The molecule has 21 heavy (non-hydrogen) atoms. The Hall–Kier alpha value is -1.87. The molecule has 9 heteroatoms. The van der Waals surface area contributed by atoms with Crippen molar-refractivity contribution in [2.24, 2.45) is 0 Å². The first kappa shape index (κ1) is 15.5. The van der Waals surface area contributed by atoms with Gasteiger partial charge in [-0.1, -0.05) is 0 Å². The number of aromatic nitrogens is 1. The van der Waals surface area contributed by atoms with Crippen LogP contribution in [0.5, 0.6) is 5.75 Å². The number of rotatable bonds is 3. The molecule has 0 saturated carbocycles. The van der Waals surface area contributed by atoms with Gasteiger partial charge in [-0.2, -0.15) is 21.6 Å². The summed E-state index contributed by atoms with van der Waals surface area (Å²) < 4.78 is 62.6. The lowest BCUT2D eigenvalue weighted by molar-refractivity contribution is -0.0500. The van der Waals surface area contributed by atoms with Crippen LogP contribution in [0, 0.1) is 0 Å². The van der Waals surface area contributed by atoms with Crippen molar-refractivity contribution >= 4 is 20.9 Å². The second-order valence-electron chi connectivity index (χ2n) is 4.28. The van der Waals surface area contributed by atoms with Gasteiger partial charge in [0.1, 0.15) is 5.75 Å². The largest absolute Gasteiger partial charge is 0.534 e. The van der Waals surface area contributed by atoms with Gasteiger partial charge in [0.2, 0.25) is 0 Å². The third-order valence-corrected chi connectivity index (χ3v) is 3.61. The number of pyridine rings is 1. The number of fused-ring (bicyclic) bond motifs is 1. The van der Waals surface area contributed by atoms with Gasteiger partial charge in [-0.3, -0.25) is 4.98 Å². The summed E-state index contributed by atoms with van der Waals surface area (Å²) in [7, 11) is -5.71. The maximum Gasteiger partial charge on any atom is 0.534 e. The maximum atomic E-state index is 12.2. The quantitative estimate of drug-likeness (QED) is 0.694. The van der Waals surface area contributed by atoms with Crippen molar-refractivity contribution in [3.05, 3.63) is 36.2 Å². The molecule has 0 bridgehead atoms. The molecule has 0 spiro atoms. The van der Waals surface area contributed by atoms with Gasteiger partial charge in [-0.15, -0.1) is 0 Å². The summed E-state index contributed by atoms with van der Waals surface area (Å²) in [6.45, 7) is 1.47. The van der Waals surface area contributed by atoms with Crippen LogP contribution in [0.25, 0.3) is 10.8 Å². The number of aliphatic hydroxyl groups excluding tert-OH is 1. The van der Waals surface area contributed by atoms with Crippen LogP contribution in [0.2, 0.25) is 0 Å². The summed E-state index contributed by atoms with van der Waals surface area (Å²) in [6, 6.07) is 5.03. The highest BCUT2D eigenvalue weighted by Gasteiger charge is 2.48. The molecule has 1 unspecified atom stereocenters. The lowest BCUT2D eigenvalue weighted by Crippen LogP contribution is -2.28. The number of halogens is 3. The van der Waals surface area contributed by atoms with Crippen molar-refractivity contribution in [2.45, 2.75) is 18.5 Å². The standard InChI is InChI=1S/C12H10F3NO4S/c1-7(17)11-5-9-4-10(3-2-8(9)6-16-11)20-21(18,19)12(13,14)15/h2-7,17H,1H3. The number of nitrogens with zero attached hydrogens (tertiary/aromatic N) is 1. The molecule has 2 aromatic rings. The summed E-state index contributed by atoms with van der Waals surface area (Å²) >= 11 is 0. The Morgan fingerprint density at radius 2 is 1.90 bits per heavy atom. The van der Waals surface area contributed by atoms with Crippen molar-refractivity contribution in [3.8, 4) is 5.75 Å². The minimum atomic E-state index is -5.71. The zero-order chi connectivity index (χ0) is 15.8. The fourth-order valence-electron chi connectivity index (χ4n) is 1.59. The molecule has 0 aliphatic rings. The normalized spacial score (nSPS) is 14.1. The van der Waals surface area contributed by atoms with E-state index >= 15 is 0 Å². The molecule has 0 aliphatic heterocycles. The molecule has 1 atom stereocenters. The van der Waals surface area contributed by atoms with E-state index in [1.165, 1.54) is 25.3 Å². The number of aliphatic hydroxyl groups is 1. The molecule has 0 fully saturated rings. The van der Waals surface area contributed by atoms with E-state index in [1.54, 1.807) is 0 Å². The van der Waals surface area contributed by atoms with Gasteiger partial charge in [0, 0.05) is 11.6 Å². The number of hydrogen-bond acceptors (Lipinski definition) is 5. The molecule has 1 heterocycles. The SMILES string of the molecule is CC(O)c1cc2cc(OS(=O)(=O)C(F)(F)F)ccc2cn1. The van der Waals surface area contributed by atoms with Crippen molar-refractivity contribution in [1.82, 2.24) is 4.98 Å². The molecular weight excluding hydrogens is 311 g/mol. The van der Waals surface area contributed by atoms with Crippen molar-refractivity contribution < 1.29 is 30.9 Å². The Kier molecular flexibility index (Phi) is 3.81. The molecule has 1 aromatic carbocycles. The fourth-order valence-corrected chi connectivity index (χ4v) is 2.04. The van der Waals surface area contributed by atoms with Gasteiger partial charge >= 0.3 is 15.6 Å². The van der Waals surface area contributed by atoms with Crippen LogP contribution in [0.4, 0.5) is 13.2 Å². The molecular formula is C12H10F3NO4S. The second-order valence-corrected chi connectivity index (χ2v) is 5.82. The minimum Gasteiger partial charge on any atom is -0.387 e. The lowest BCUT2D eigenvalue weighted by Gasteiger charge is -2.10. The van der Waals surface area contributed by atoms with E-state index in [-0.39, 0.29) is 0 Å². The van der Waals surface area contributed by atoms with Crippen molar-refractivity contribution in [3.63, 3.8) is 0 Å². The molecule has 5 nitrogen and oxygen atoms in total. The molecule has 0 radical (unpaired) electrons. The Morgan fingerprint density at radius 3 is 2.48 bits per heavy atom. The average Bonchev–Trinajstić information content (AvgIpc) is 2.36. The van der Waals surface area contributed by atoms with Gasteiger partial charge < -0.3 is 9.29 Å². The Labute approximate surface area is 118 Å². The number of alkyl halides is 3. The van der Waals surface area contributed by atoms with Crippen LogP contribution < -0.4 is 4.18 Å². The van der Waals surface area contributed by atoms with Gasteiger partial charge in [-0.05, 0) is 36.6 Å². The molecule has 0 aliphatic carbocycles. The summed E-state index contributed by atoms with van der Waals surface area (Å²) in [5.41, 5.74) is -5.19. The van der Waals surface area contributed by atoms with E-state index in [0.717, 1.165) is 12.1 Å². The summed E-state index contributed by atoms with van der Waals surface area (Å²) in [4.78, 5) is 3.96. The molecule has 114 valence electrons. The van der Waals surface area contributed by atoms with Crippen LogP contribution in [-0.4, -0.2) is 24.0 Å². The van der Waals surface area contributed by atoms with E-state index in [9.17, 15) is 26.7 Å². The highest BCUT2D eigenvalue weighted by Crippen LogP contribution is 2.29. The second kappa shape index (κ2) is 5.15. The van der Waals surface area contributed by atoms with E-state index in [1.807, 2.05) is 0 Å². The van der Waals surface area contributed by atoms with Gasteiger partial charge in [-0.25, -0.2) is 0 Å². The van der Waals surface area contributed by atoms with E-state index in [0.29, 0.717) is 16.5 Å². The predicted octanol–water partition coefficient (Wildman–Crippen LogP) is 2.52. The minimum absolute atomic E-state index is 0.304. The zero-order valence-electron chi connectivity index (χ0n) is 10.6. The van der Waals surface area contributed by atoms with Crippen LogP contribution in [0.1, 0.15) is 18.7 Å². The number of benzene rings is 1. The third-order valence-electron chi connectivity index (χ3n) is 2.63. The molecule has 1 N–H and O–H groups in total. The monoisotopic (exact) mass is 321 g/mol. The summed E-state index contributed by atoms with van der Waals surface area (Å²) in [5, 5.41) is 10.4. The van der Waals surface area contributed by atoms with Crippen molar-refractivity contribution in [2.75, 3.05) is 0 Å². The molecule has 0 saturated heterocycles. The molecule has 0 amide bonds. The Morgan fingerprint density at radius 1 is 1.24 bits per heavy atom. The topological polar surface area (TPSA) is 76.5 Å². The van der Waals surface area contributed by atoms with Crippen molar-refractivity contribution in [1.29, 1.82) is 0 Å². The maximum absolute atomic E-state index is 12.2. The fraction of sp³-hybridized carbons (Fsp3) is 0.250. The Bertz CT molecular complexity index is 772. The van der Waals surface area contributed by atoms with E-state index in [4.69, 9.17) is 0 Å². The highest BCUT2D eigenvalue weighted by atomic mass is 32.2. The van der Waals surface area contributed by atoms with Crippen LogP contribution in [-0.2, 0) is 10.1 Å². The predicted molar refractivity (Wildman–Crippen MR) is 68.0 cm³/mol. The first-order valence-corrected chi connectivity index (χ1v) is 7.09. The average molecular weight is 321 g/mol. The third kappa shape index (κ3) is 3.24. The Balaban J connectivity index is 2.43. The van der Waals surface area contributed by atoms with Gasteiger partial charge in [0.25, 0.3) is 0 Å². The first-order chi connectivity index (χ1) is 9.60. The zero-order valence-corrected chi connectivity index (χ0v) is 11.4. The van der Waals surface area contributed by atoms with Gasteiger partial charge in [0.15, 0.2) is 0 Å². The summed E-state index contributed by atoms with van der Waals surface area (Å²) in [5.74, 6) is -0.470. The van der Waals surface area contributed by atoms with E-state index in [2.05, 4.69) is 9.17 Å². The van der Waals surface area contributed by atoms with Crippen LogP contribution >= 0.6 is 0 Å². The first-order valence-electron chi connectivity index (χ1n) is 5.69. The highest BCUT2D eigenvalue weighted by molar-refractivity contribution is 7.88. The molecule has 2 rings (SSSR count). The smallest absolute Gasteiger partial charge is 0.387 e. The van der Waals surface area contributed by atoms with Crippen LogP contribution in [0.15, 0.2) is 30.5 Å². The lowest BCUT2D eigenvalue weighted by atomic mass is 10.1. The van der Waals surface area contributed by atoms with Crippen LogP contribution in [0.3, 0.4) is 0 Å². The van der Waals surface area contributed by atoms with E-state index < -0.39 is 27.5 Å². The number of hydrogen-bond donors (Lipinski definition) is 1. The summed E-state index contributed by atoms with van der Waals surface area (Å²) in [6.07, 6.45) is 0.553.